The fraction of sp³-hybridized carbons (Fsp3) is 0.158. The van der Waals surface area contributed by atoms with Crippen LogP contribution in [0.3, 0.4) is 0 Å². The van der Waals surface area contributed by atoms with Crippen LogP contribution in [-0.2, 0) is 0 Å². The number of halogens is 1. The maximum absolute atomic E-state index is 12.6. The first-order valence-corrected chi connectivity index (χ1v) is 9.34. The molecule has 0 aliphatic rings. The number of fused-ring (bicyclic) bond motifs is 1. The van der Waals surface area contributed by atoms with E-state index >= 15 is 0 Å². The lowest BCUT2D eigenvalue weighted by atomic mass is 10.1. The second kappa shape index (κ2) is 8.32. The van der Waals surface area contributed by atoms with Gasteiger partial charge in [-0.2, -0.15) is 5.10 Å². The smallest absolute Gasteiger partial charge is 0.275 e. The van der Waals surface area contributed by atoms with E-state index in [0.717, 1.165) is 15.2 Å². The van der Waals surface area contributed by atoms with E-state index in [1.807, 2.05) is 32.0 Å². The molecule has 0 fully saturated rings. The molecule has 0 saturated carbocycles. The zero-order valence-corrected chi connectivity index (χ0v) is 17.0. The third-order valence-corrected chi connectivity index (χ3v) is 4.55. The average Bonchev–Trinajstić information content (AvgIpc) is 2.68. The molecule has 0 spiro atoms. The fourth-order valence-electron chi connectivity index (χ4n) is 2.55. The number of nitrogens with zero attached hydrogens (tertiary/aromatic N) is 4. The Hall–Kier alpha value is -3.04. The highest BCUT2D eigenvalue weighted by Gasteiger charge is 2.16. The lowest BCUT2D eigenvalue weighted by Gasteiger charge is -2.23. The Labute approximate surface area is 170 Å². The minimum absolute atomic E-state index is 0.0246. The number of amidine groups is 1. The van der Waals surface area contributed by atoms with E-state index in [1.165, 1.54) is 5.01 Å². The number of carbonyl (C=O) groups is 1. The first-order chi connectivity index (χ1) is 13.4. The van der Waals surface area contributed by atoms with E-state index in [0.29, 0.717) is 17.3 Å². The Bertz CT molecular complexity index is 1050. The summed E-state index contributed by atoms with van der Waals surface area (Å²) in [6.07, 6.45) is 1.66. The van der Waals surface area contributed by atoms with Crippen molar-refractivity contribution in [2.45, 2.75) is 19.9 Å². The van der Waals surface area contributed by atoms with Gasteiger partial charge in [0.25, 0.3) is 5.91 Å². The van der Waals surface area contributed by atoms with Gasteiger partial charge in [-0.3, -0.25) is 14.8 Å². The summed E-state index contributed by atoms with van der Waals surface area (Å²) in [6, 6.07) is 12.6. The standard InChI is InChI=1S/C19H20BrN7O/c1-11(2)27(22)18(26-21)15-4-3-5-17(24-15)25-19(28)16-9-13-8-14(20)7-6-12(13)10-23-16/h3-11H,21-22H2,1-2H3,(H,24,25,28)/b26-18-. The topological polar surface area (TPSA) is 123 Å². The molecule has 0 aliphatic heterocycles. The lowest BCUT2D eigenvalue weighted by Crippen LogP contribution is -2.44. The second-order valence-corrected chi connectivity index (χ2v) is 7.29. The molecule has 8 nitrogen and oxygen atoms in total. The van der Waals surface area contributed by atoms with Crippen molar-refractivity contribution >= 4 is 44.3 Å². The molecule has 5 N–H and O–H groups in total. The minimum atomic E-state index is -0.369. The van der Waals surface area contributed by atoms with Crippen LogP contribution >= 0.6 is 15.9 Å². The number of nitrogens with two attached hydrogens (primary N) is 2. The molecule has 3 rings (SSSR count). The van der Waals surface area contributed by atoms with Crippen molar-refractivity contribution in [1.82, 2.24) is 15.0 Å². The minimum Gasteiger partial charge on any atom is -0.321 e. The number of hydrazine groups is 1. The molecule has 28 heavy (non-hydrogen) atoms. The van der Waals surface area contributed by atoms with Gasteiger partial charge in [0.15, 0.2) is 5.84 Å². The number of carbonyl (C=O) groups excluding carboxylic acids is 1. The molecule has 1 amide bonds. The number of hydrogen-bond acceptors (Lipinski definition) is 6. The third kappa shape index (κ3) is 4.26. The van der Waals surface area contributed by atoms with Crippen LogP contribution in [0.1, 0.15) is 30.0 Å². The van der Waals surface area contributed by atoms with E-state index in [1.54, 1.807) is 30.5 Å². The largest absolute Gasteiger partial charge is 0.321 e. The summed E-state index contributed by atoms with van der Waals surface area (Å²) in [6.45, 7) is 3.81. The predicted molar refractivity (Wildman–Crippen MR) is 114 cm³/mol. The van der Waals surface area contributed by atoms with Crippen molar-refractivity contribution in [3.05, 3.63) is 64.5 Å². The van der Waals surface area contributed by atoms with Crippen LogP contribution in [0.2, 0.25) is 0 Å². The first-order valence-electron chi connectivity index (χ1n) is 8.55. The molecule has 144 valence electrons. The van der Waals surface area contributed by atoms with Crippen LogP contribution in [0.5, 0.6) is 0 Å². The molecule has 3 aromatic rings. The number of hydrogen-bond donors (Lipinski definition) is 3. The van der Waals surface area contributed by atoms with Crippen molar-refractivity contribution in [1.29, 1.82) is 0 Å². The molecule has 0 aliphatic carbocycles. The summed E-state index contributed by atoms with van der Waals surface area (Å²) < 4.78 is 0.928. The number of hydrazone groups is 1. The fourth-order valence-corrected chi connectivity index (χ4v) is 2.93. The van der Waals surface area contributed by atoms with Crippen molar-refractivity contribution < 1.29 is 4.79 Å². The number of amides is 1. The van der Waals surface area contributed by atoms with E-state index in [9.17, 15) is 4.79 Å². The number of anilines is 1. The summed E-state index contributed by atoms with van der Waals surface area (Å²) in [7, 11) is 0. The van der Waals surface area contributed by atoms with Crippen LogP contribution in [0.25, 0.3) is 10.8 Å². The molecular formula is C19H20BrN7O. The second-order valence-electron chi connectivity index (χ2n) is 6.38. The molecule has 2 heterocycles. The molecular weight excluding hydrogens is 422 g/mol. The van der Waals surface area contributed by atoms with Gasteiger partial charge >= 0.3 is 0 Å². The van der Waals surface area contributed by atoms with Crippen LogP contribution in [0, 0.1) is 0 Å². The number of rotatable bonds is 4. The highest BCUT2D eigenvalue weighted by molar-refractivity contribution is 9.10. The zero-order chi connectivity index (χ0) is 20.3. The van der Waals surface area contributed by atoms with Gasteiger partial charge in [0.05, 0.1) is 0 Å². The van der Waals surface area contributed by atoms with Crippen LogP contribution < -0.4 is 17.0 Å². The monoisotopic (exact) mass is 441 g/mol. The maximum atomic E-state index is 12.6. The van der Waals surface area contributed by atoms with Crippen molar-refractivity contribution in [3.8, 4) is 0 Å². The van der Waals surface area contributed by atoms with Gasteiger partial charge < -0.3 is 11.2 Å². The molecule has 0 radical (unpaired) electrons. The summed E-state index contributed by atoms with van der Waals surface area (Å²) in [5, 5.41) is 9.74. The average molecular weight is 442 g/mol. The quantitative estimate of drug-likeness (QED) is 0.247. The number of benzene rings is 1. The summed E-state index contributed by atoms with van der Waals surface area (Å²) >= 11 is 3.43. The molecule has 9 heteroatoms. The van der Waals surface area contributed by atoms with Crippen LogP contribution in [0.4, 0.5) is 5.82 Å². The van der Waals surface area contributed by atoms with E-state index in [4.69, 9.17) is 11.7 Å². The van der Waals surface area contributed by atoms with Gasteiger partial charge in [-0.05, 0) is 49.6 Å². The summed E-state index contributed by atoms with van der Waals surface area (Å²) in [5.74, 6) is 11.8. The van der Waals surface area contributed by atoms with Gasteiger partial charge in [-0.25, -0.2) is 10.8 Å². The number of pyridine rings is 2. The Morgan fingerprint density at radius 1 is 1.18 bits per heavy atom. The van der Waals surface area contributed by atoms with Gasteiger partial charge in [-0.15, -0.1) is 0 Å². The highest BCUT2D eigenvalue weighted by Crippen LogP contribution is 2.20. The SMILES string of the molecule is CC(C)N(N)/C(=N\N)c1cccc(NC(=O)c2cc3cc(Br)ccc3cn2)n1. The van der Waals surface area contributed by atoms with Gasteiger partial charge in [0.2, 0.25) is 0 Å². The Morgan fingerprint density at radius 2 is 1.96 bits per heavy atom. The molecule has 0 atom stereocenters. The normalized spacial score (nSPS) is 11.7. The summed E-state index contributed by atoms with van der Waals surface area (Å²) in [5.41, 5.74) is 0.736. The molecule has 1 aromatic carbocycles. The maximum Gasteiger partial charge on any atom is 0.275 e. The zero-order valence-electron chi connectivity index (χ0n) is 15.4. The molecule has 0 bridgehead atoms. The van der Waals surface area contributed by atoms with Gasteiger partial charge in [0, 0.05) is 22.1 Å². The van der Waals surface area contributed by atoms with Gasteiger partial charge in [0.1, 0.15) is 17.2 Å². The van der Waals surface area contributed by atoms with Crippen molar-refractivity contribution in [2.24, 2.45) is 16.8 Å². The van der Waals surface area contributed by atoms with E-state index in [2.05, 4.69) is 36.3 Å². The van der Waals surface area contributed by atoms with Gasteiger partial charge in [-0.1, -0.05) is 28.1 Å². The van der Waals surface area contributed by atoms with Crippen LogP contribution in [-0.4, -0.2) is 32.8 Å². The number of nitrogens with one attached hydrogen (secondary N) is 1. The highest BCUT2D eigenvalue weighted by atomic mass is 79.9. The van der Waals surface area contributed by atoms with Crippen molar-refractivity contribution in [3.63, 3.8) is 0 Å². The molecule has 2 aromatic heterocycles. The Kier molecular flexibility index (Phi) is 5.86. The third-order valence-electron chi connectivity index (χ3n) is 4.06. The van der Waals surface area contributed by atoms with Crippen molar-refractivity contribution in [2.75, 3.05) is 5.32 Å². The Morgan fingerprint density at radius 3 is 2.68 bits per heavy atom. The number of aromatic nitrogens is 2. The lowest BCUT2D eigenvalue weighted by molar-refractivity contribution is 0.102. The van der Waals surface area contributed by atoms with E-state index in [-0.39, 0.29) is 17.6 Å². The van der Waals surface area contributed by atoms with E-state index < -0.39 is 0 Å². The Balaban J connectivity index is 1.85. The summed E-state index contributed by atoms with van der Waals surface area (Å²) in [4.78, 5) is 21.2. The van der Waals surface area contributed by atoms with Crippen LogP contribution in [0.15, 0.2) is 58.2 Å². The predicted octanol–water partition coefficient (Wildman–Crippen LogP) is 2.85. The molecule has 0 unspecified atom stereocenters. The molecule has 0 saturated heterocycles. The first kappa shape index (κ1) is 19.7.